The number of aromatic amines is 1. The zero-order valence-electron chi connectivity index (χ0n) is 13.8. The van der Waals surface area contributed by atoms with E-state index in [2.05, 4.69) is 36.1 Å². The highest BCUT2D eigenvalue weighted by Crippen LogP contribution is 2.38. The van der Waals surface area contributed by atoms with Gasteiger partial charge < -0.3 is 20.9 Å². The first kappa shape index (κ1) is 19.0. The molecule has 1 aliphatic heterocycles. The average Bonchev–Trinajstić information content (AvgIpc) is 2.90. The van der Waals surface area contributed by atoms with Crippen molar-refractivity contribution >= 4 is 56.7 Å². The molecule has 1 atom stereocenters. The number of rotatable bonds is 3. The molecule has 1 aliphatic rings. The summed E-state index contributed by atoms with van der Waals surface area (Å²) in [5.74, 6) is -0.0842. The number of aromatic nitrogens is 2. The molecule has 3 rings (SSSR count). The minimum Gasteiger partial charge on any atom is -0.368 e. The highest BCUT2D eigenvalue weighted by atomic mass is 79.9. The average molecular weight is 417 g/mol. The van der Waals surface area contributed by atoms with Crippen LogP contribution in [0.5, 0.6) is 0 Å². The number of amides is 1. The molecule has 0 saturated carbocycles. The fourth-order valence-corrected chi connectivity index (χ4v) is 3.51. The van der Waals surface area contributed by atoms with Gasteiger partial charge in [0.05, 0.1) is 21.2 Å². The number of halogens is 2. The molecule has 6 nitrogen and oxygen atoms in total. The SMILES string of the molecule is CC(C)C(=O)Nc1c[nH]c2ncc(Br)c(N3CCC[C@@H](N)C3)c12.Cl. The van der Waals surface area contributed by atoms with E-state index in [-0.39, 0.29) is 30.3 Å². The smallest absolute Gasteiger partial charge is 0.226 e. The number of nitrogens with zero attached hydrogens (tertiary/aromatic N) is 2. The first-order valence-electron chi connectivity index (χ1n) is 7.94. The molecular formula is C16H23BrClN5O. The van der Waals surface area contributed by atoms with Crippen molar-refractivity contribution in [1.29, 1.82) is 0 Å². The fraction of sp³-hybridized carbons (Fsp3) is 0.500. The van der Waals surface area contributed by atoms with Gasteiger partial charge in [0.1, 0.15) is 5.65 Å². The summed E-state index contributed by atoms with van der Waals surface area (Å²) in [7, 11) is 0. The molecule has 0 spiro atoms. The fourth-order valence-electron chi connectivity index (χ4n) is 2.95. The Morgan fingerprint density at radius 1 is 1.54 bits per heavy atom. The van der Waals surface area contributed by atoms with Crippen LogP contribution >= 0.6 is 28.3 Å². The lowest BCUT2D eigenvalue weighted by atomic mass is 10.1. The van der Waals surface area contributed by atoms with Crippen molar-refractivity contribution in [2.45, 2.75) is 32.7 Å². The molecule has 1 amide bonds. The minimum absolute atomic E-state index is 0. The van der Waals surface area contributed by atoms with Crippen LogP contribution in [0, 0.1) is 5.92 Å². The molecule has 132 valence electrons. The van der Waals surface area contributed by atoms with E-state index in [0.29, 0.717) is 0 Å². The van der Waals surface area contributed by atoms with Crippen molar-refractivity contribution in [3.63, 3.8) is 0 Å². The monoisotopic (exact) mass is 415 g/mol. The summed E-state index contributed by atoms with van der Waals surface area (Å²) in [6.45, 7) is 5.51. The van der Waals surface area contributed by atoms with Crippen LogP contribution in [0.4, 0.5) is 11.4 Å². The van der Waals surface area contributed by atoms with E-state index < -0.39 is 0 Å². The second kappa shape index (κ2) is 7.72. The quantitative estimate of drug-likeness (QED) is 0.716. The van der Waals surface area contributed by atoms with Crippen LogP contribution in [0.3, 0.4) is 0 Å². The van der Waals surface area contributed by atoms with E-state index in [4.69, 9.17) is 5.73 Å². The number of hydrogen-bond donors (Lipinski definition) is 3. The lowest BCUT2D eigenvalue weighted by molar-refractivity contribution is -0.118. The predicted molar refractivity (Wildman–Crippen MR) is 104 cm³/mol. The number of anilines is 2. The maximum Gasteiger partial charge on any atom is 0.226 e. The van der Waals surface area contributed by atoms with Crippen LogP contribution in [0.2, 0.25) is 0 Å². The lowest BCUT2D eigenvalue weighted by Crippen LogP contribution is -2.43. The number of pyridine rings is 1. The van der Waals surface area contributed by atoms with Crippen molar-refractivity contribution < 1.29 is 4.79 Å². The Morgan fingerprint density at radius 2 is 2.29 bits per heavy atom. The third-order valence-corrected chi connectivity index (χ3v) is 4.77. The number of hydrogen-bond acceptors (Lipinski definition) is 4. The molecule has 0 aromatic carbocycles. The molecule has 0 unspecified atom stereocenters. The maximum atomic E-state index is 12.1. The molecule has 1 saturated heterocycles. The van der Waals surface area contributed by atoms with Crippen molar-refractivity contribution in [3.8, 4) is 0 Å². The molecule has 0 bridgehead atoms. The van der Waals surface area contributed by atoms with Crippen LogP contribution in [0.15, 0.2) is 16.9 Å². The second-order valence-corrected chi connectivity index (χ2v) is 7.23. The zero-order chi connectivity index (χ0) is 16.6. The van der Waals surface area contributed by atoms with Gasteiger partial charge in [-0.1, -0.05) is 13.8 Å². The van der Waals surface area contributed by atoms with Gasteiger partial charge >= 0.3 is 0 Å². The van der Waals surface area contributed by atoms with Crippen LogP contribution in [-0.2, 0) is 4.79 Å². The summed E-state index contributed by atoms with van der Waals surface area (Å²) in [6, 6.07) is 0.173. The number of nitrogens with one attached hydrogen (secondary N) is 2. The van der Waals surface area contributed by atoms with Crippen LogP contribution < -0.4 is 16.0 Å². The van der Waals surface area contributed by atoms with Crippen molar-refractivity contribution in [2.24, 2.45) is 11.7 Å². The van der Waals surface area contributed by atoms with Gasteiger partial charge in [-0.2, -0.15) is 0 Å². The largest absolute Gasteiger partial charge is 0.368 e. The first-order valence-corrected chi connectivity index (χ1v) is 8.73. The Kier molecular flexibility index (Phi) is 6.11. The Morgan fingerprint density at radius 3 is 2.96 bits per heavy atom. The standard InChI is InChI=1S/C16H22BrN5O.ClH/c1-9(2)16(23)21-12-7-20-15-13(12)14(11(17)6-19-15)22-5-3-4-10(18)8-22;/h6-7,9-10H,3-5,8,18H2,1-2H3,(H,19,20)(H,21,23);1H/t10-;/m1./s1. The third-order valence-electron chi connectivity index (χ3n) is 4.19. The summed E-state index contributed by atoms with van der Waals surface area (Å²) >= 11 is 3.62. The van der Waals surface area contributed by atoms with Crippen LogP contribution in [0.1, 0.15) is 26.7 Å². The van der Waals surface area contributed by atoms with E-state index in [9.17, 15) is 4.79 Å². The number of carbonyl (C=O) groups is 1. The zero-order valence-corrected chi connectivity index (χ0v) is 16.2. The summed E-state index contributed by atoms with van der Waals surface area (Å²) < 4.78 is 0.916. The van der Waals surface area contributed by atoms with Gasteiger partial charge in [0.15, 0.2) is 0 Å². The van der Waals surface area contributed by atoms with E-state index in [0.717, 1.165) is 52.8 Å². The first-order chi connectivity index (χ1) is 11.0. The number of piperidine rings is 1. The van der Waals surface area contributed by atoms with Gasteiger partial charge in [0.25, 0.3) is 0 Å². The summed E-state index contributed by atoms with van der Waals surface area (Å²) in [5.41, 5.74) is 8.72. The summed E-state index contributed by atoms with van der Waals surface area (Å²) in [5, 5.41) is 3.93. The van der Waals surface area contributed by atoms with Crippen molar-refractivity contribution in [1.82, 2.24) is 9.97 Å². The summed E-state index contributed by atoms with van der Waals surface area (Å²) in [4.78, 5) is 21.9. The molecule has 0 radical (unpaired) electrons. The number of carbonyl (C=O) groups excluding carboxylic acids is 1. The molecule has 2 aromatic heterocycles. The molecule has 3 heterocycles. The highest BCUT2D eigenvalue weighted by Gasteiger charge is 2.24. The van der Waals surface area contributed by atoms with E-state index in [1.54, 1.807) is 12.4 Å². The van der Waals surface area contributed by atoms with Gasteiger partial charge in [-0.25, -0.2) is 4.98 Å². The minimum atomic E-state index is -0.0769. The van der Waals surface area contributed by atoms with Gasteiger partial charge in [-0.15, -0.1) is 12.4 Å². The van der Waals surface area contributed by atoms with E-state index in [1.165, 1.54) is 0 Å². The number of H-pyrrole nitrogens is 1. The normalized spacial score (nSPS) is 17.9. The van der Waals surface area contributed by atoms with Crippen molar-refractivity contribution in [3.05, 3.63) is 16.9 Å². The third kappa shape index (κ3) is 3.68. The Balaban J connectivity index is 0.00000208. The Hall–Kier alpha value is -1.31. The summed E-state index contributed by atoms with van der Waals surface area (Å²) in [6.07, 6.45) is 5.71. The molecule has 4 N–H and O–H groups in total. The molecule has 24 heavy (non-hydrogen) atoms. The van der Waals surface area contributed by atoms with Crippen molar-refractivity contribution in [2.75, 3.05) is 23.3 Å². The van der Waals surface area contributed by atoms with Gasteiger partial charge in [-0.05, 0) is 28.8 Å². The maximum absolute atomic E-state index is 12.1. The molecule has 0 aliphatic carbocycles. The van der Waals surface area contributed by atoms with Gasteiger partial charge in [0.2, 0.25) is 5.91 Å². The van der Waals surface area contributed by atoms with Gasteiger partial charge in [0, 0.05) is 37.4 Å². The topological polar surface area (TPSA) is 87.0 Å². The highest BCUT2D eigenvalue weighted by molar-refractivity contribution is 9.10. The van der Waals surface area contributed by atoms with Crippen LogP contribution in [-0.4, -0.2) is 35.0 Å². The van der Waals surface area contributed by atoms with Crippen LogP contribution in [0.25, 0.3) is 11.0 Å². The molecule has 8 heteroatoms. The predicted octanol–water partition coefficient (Wildman–Crippen LogP) is 3.27. The number of fused-ring (bicyclic) bond motifs is 1. The number of nitrogens with two attached hydrogens (primary N) is 1. The lowest BCUT2D eigenvalue weighted by Gasteiger charge is -2.33. The Labute approximate surface area is 156 Å². The Bertz CT molecular complexity index is 733. The van der Waals surface area contributed by atoms with E-state index in [1.807, 2.05) is 13.8 Å². The van der Waals surface area contributed by atoms with Gasteiger partial charge in [-0.3, -0.25) is 4.79 Å². The molecule has 2 aromatic rings. The second-order valence-electron chi connectivity index (χ2n) is 6.37. The van der Waals surface area contributed by atoms with E-state index >= 15 is 0 Å². The molecular weight excluding hydrogens is 394 g/mol. The molecule has 1 fully saturated rings.